The molecular weight excluding hydrogens is 292 g/mol. The monoisotopic (exact) mass is 316 g/mol. The van der Waals surface area contributed by atoms with Crippen molar-refractivity contribution in [1.82, 2.24) is 9.88 Å². The third kappa shape index (κ3) is 3.23. The van der Waals surface area contributed by atoms with Gasteiger partial charge in [-0.15, -0.1) is 0 Å². The molecule has 1 saturated carbocycles. The van der Waals surface area contributed by atoms with Gasteiger partial charge in [-0.05, 0) is 51.7 Å². The van der Waals surface area contributed by atoms with Crippen molar-refractivity contribution in [2.75, 3.05) is 13.1 Å². The lowest BCUT2D eigenvalue weighted by Crippen LogP contribution is -2.67. The zero-order valence-corrected chi connectivity index (χ0v) is 14.0. The molecule has 23 heavy (non-hydrogen) atoms. The summed E-state index contributed by atoms with van der Waals surface area (Å²) in [7, 11) is 0. The van der Waals surface area contributed by atoms with E-state index in [0.717, 1.165) is 31.1 Å². The molecule has 0 unspecified atom stereocenters. The van der Waals surface area contributed by atoms with E-state index in [1.165, 1.54) is 0 Å². The molecule has 2 aliphatic rings. The van der Waals surface area contributed by atoms with Crippen LogP contribution in [0.15, 0.2) is 24.5 Å². The molecule has 5 heteroatoms. The van der Waals surface area contributed by atoms with E-state index in [2.05, 4.69) is 4.98 Å². The zero-order valence-electron chi connectivity index (χ0n) is 14.0. The van der Waals surface area contributed by atoms with Crippen molar-refractivity contribution in [3.63, 3.8) is 0 Å². The number of nitrogens with zero attached hydrogens (tertiary/aromatic N) is 2. The summed E-state index contributed by atoms with van der Waals surface area (Å²) in [6, 6.07) is 3.91. The molecule has 1 aromatic heterocycles. The molecule has 1 saturated heterocycles. The second-order valence-electron chi connectivity index (χ2n) is 8.21. The molecule has 1 aliphatic carbocycles. The van der Waals surface area contributed by atoms with Crippen LogP contribution >= 0.6 is 0 Å². The van der Waals surface area contributed by atoms with Crippen LogP contribution in [0, 0.1) is 10.8 Å². The second kappa shape index (κ2) is 5.32. The Bertz CT molecular complexity index is 592. The van der Waals surface area contributed by atoms with Crippen LogP contribution in [0.1, 0.15) is 39.2 Å². The standard InChI is InChI=1S/C18H24N2O3/c1-16(2,3)23-15(22)20-11-18(12-20)9-17(10-18,13-21)7-14-5-4-6-19-8-14/h4-6,8,13H,7,9-12H2,1-3H3. The van der Waals surface area contributed by atoms with Crippen LogP contribution in [0.2, 0.25) is 0 Å². The van der Waals surface area contributed by atoms with Crippen molar-refractivity contribution >= 4 is 12.4 Å². The zero-order chi connectivity index (χ0) is 16.7. The maximum Gasteiger partial charge on any atom is 0.410 e. The Labute approximate surface area is 137 Å². The molecule has 5 nitrogen and oxygen atoms in total. The molecule has 2 heterocycles. The SMILES string of the molecule is CC(C)(C)OC(=O)N1CC2(C1)CC(C=O)(Cc1cccnc1)C2. The fourth-order valence-electron chi connectivity index (χ4n) is 4.04. The Kier molecular flexibility index (Phi) is 3.69. The molecule has 1 aliphatic heterocycles. The number of carbonyl (C=O) groups is 2. The Balaban J connectivity index is 1.54. The fraction of sp³-hybridized carbons (Fsp3) is 0.611. The lowest BCUT2D eigenvalue weighted by Gasteiger charge is -2.62. The molecule has 0 bridgehead atoms. The molecule has 2 fully saturated rings. The first-order valence-electron chi connectivity index (χ1n) is 8.08. The number of amides is 1. The van der Waals surface area contributed by atoms with Crippen LogP contribution in [0.4, 0.5) is 4.79 Å². The van der Waals surface area contributed by atoms with Gasteiger partial charge in [-0.1, -0.05) is 6.07 Å². The Morgan fingerprint density at radius 3 is 2.61 bits per heavy atom. The summed E-state index contributed by atoms with van der Waals surface area (Å²) in [5.41, 5.74) is 0.452. The highest BCUT2D eigenvalue weighted by atomic mass is 16.6. The summed E-state index contributed by atoms with van der Waals surface area (Å²) in [6.07, 6.45) is 6.84. The predicted octanol–water partition coefficient (Wildman–Crippen LogP) is 2.84. The highest BCUT2D eigenvalue weighted by Gasteiger charge is 2.61. The van der Waals surface area contributed by atoms with E-state index in [1.54, 1.807) is 11.1 Å². The van der Waals surface area contributed by atoms with Gasteiger partial charge in [0, 0.05) is 36.3 Å². The third-order valence-corrected chi connectivity index (χ3v) is 4.69. The van der Waals surface area contributed by atoms with E-state index in [9.17, 15) is 9.59 Å². The molecule has 3 rings (SSSR count). The van der Waals surface area contributed by atoms with E-state index >= 15 is 0 Å². The Morgan fingerprint density at radius 2 is 2.09 bits per heavy atom. The third-order valence-electron chi connectivity index (χ3n) is 4.69. The van der Waals surface area contributed by atoms with Gasteiger partial charge in [0.1, 0.15) is 11.9 Å². The van der Waals surface area contributed by atoms with Crippen LogP contribution in [-0.4, -0.2) is 41.0 Å². The Morgan fingerprint density at radius 1 is 1.39 bits per heavy atom. The quantitative estimate of drug-likeness (QED) is 0.805. The summed E-state index contributed by atoms with van der Waals surface area (Å²) in [6.45, 7) is 7.01. The van der Waals surface area contributed by atoms with Gasteiger partial charge in [0.2, 0.25) is 0 Å². The van der Waals surface area contributed by atoms with E-state index in [0.29, 0.717) is 13.1 Å². The summed E-state index contributed by atoms with van der Waals surface area (Å²) >= 11 is 0. The summed E-state index contributed by atoms with van der Waals surface area (Å²) in [5.74, 6) is 0. The smallest absolute Gasteiger partial charge is 0.410 e. The number of pyridine rings is 1. The lowest BCUT2D eigenvalue weighted by atomic mass is 9.49. The largest absolute Gasteiger partial charge is 0.444 e. The average molecular weight is 316 g/mol. The number of hydrogen-bond acceptors (Lipinski definition) is 4. The number of carbonyl (C=O) groups excluding carboxylic acids is 2. The normalized spacial score (nSPS) is 21.3. The first-order chi connectivity index (χ1) is 10.7. The van der Waals surface area contributed by atoms with Crippen molar-refractivity contribution in [2.24, 2.45) is 10.8 Å². The Hall–Kier alpha value is -1.91. The lowest BCUT2D eigenvalue weighted by molar-refractivity contribution is -0.153. The van der Waals surface area contributed by atoms with E-state index < -0.39 is 5.60 Å². The van der Waals surface area contributed by atoms with Gasteiger partial charge in [-0.2, -0.15) is 0 Å². The van der Waals surface area contributed by atoms with Crippen LogP contribution in [-0.2, 0) is 16.0 Å². The number of rotatable bonds is 3. The fourth-order valence-corrected chi connectivity index (χ4v) is 4.04. The molecular formula is C18H24N2O3. The summed E-state index contributed by atoms with van der Waals surface area (Å²) in [5, 5.41) is 0. The minimum Gasteiger partial charge on any atom is -0.444 e. The van der Waals surface area contributed by atoms with Gasteiger partial charge in [0.05, 0.1) is 0 Å². The van der Waals surface area contributed by atoms with Crippen molar-refractivity contribution in [2.45, 2.75) is 45.6 Å². The van der Waals surface area contributed by atoms with Crippen molar-refractivity contribution in [3.05, 3.63) is 30.1 Å². The highest BCUT2D eigenvalue weighted by Crippen LogP contribution is 2.59. The van der Waals surface area contributed by atoms with Gasteiger partial charge >= 0.3 is 6.09 Å². The molecule has 0 aromatic carbocycles. The number of likely N-dealkylation sites (tertiary alicyclic amines) is 1. The van der Waals surface area contributed by atoms with Gasteiger partial charge in [0.25, 0.3) is 0 Å². The first kappa shape index (κ1) is 16.0. The second-order valence-corrected chi connectivity index (χ2v) is 8.21. The van der Waals surface area contributed by atoms with E-state index in [1.807, 2.05) is 39.1 Å². The first-order valence-corrected chi connectivity index (χ1v) is 8.08. The molecule has 124 valence electrons. The number of ether oxygens (including phenoxy) is 1. The van der Waals surface area contributed by atoms with Crippen LogP contribution in [0.3, 0.4) is 0 Å². The van der Waals surface area contributed by atoms with Crippen LogP contribution in [0.25, 0.3) is 0 Å². The van der Waals surface area contributed by atoms with E-state index in [-0.39, 0.29) is 16.9 Å². The van der Waals surface area contributed by atoms with Crippen molar-refractivity contribution < 1.29 is 14.3 Å². The molecule has 1 aromatic rings. The van der Waals surface area contributed by atoms with Gasteiger partial charge < -0.3 is 14.4 Å². The number of aldehydes is 1. The predicted molar refractivity (Wildman–Crippen MR) is 85.9 cm³/mol. The maximum absolute atomic E-state index is 12.0. The van der Waals surface area contributed by atoms with Gasteiger partial charge in [-0.3, -0.25) is 4.98 Å². The minimum absolute atomic E-state index is 0.111. The topological polar surface area (TPSA) is 59.5 Å². The van der Waals surface area contributed by atoms with Gasteiger partial charge in [0.15, 0.2) is 0 Å². The van der Waals surface area contributed by atoms with Crippen LogP contribution < -0.4 is 0 Å². The number of hydrogen-bond donors (Lipinski definition) is 0. The van der Waals surface area contributed by atoms with E-state index in [4.69, 9.17) is 4.74 Å². The highest BCUT2D eigenvalue weighted by molar-refractivity contribution is 5.70. The van der Waals surface area contributed by atoms with Gasteiger partial charge in [-0.25, -0.2) is 4.79 Å². The van der Waals surface area contributed by atoms with Crippen molar-refractivity contribution in [3.8, 4) is 0 Å². The maximum atomic E-state index is 12.0. The molecule has 0 atom stereocenters. The number of aromatic nitrogens is 1. The summed E-state index contributed by atoms with van der Waals surface area (Å²) < 4.78 is 5.39. The van der Waals surface area contributed by atoms with Crippen LogP contribution in [0.5, 0.6) is 0 Å². The summed E-state index contributed by atoms with van der Waals surface area (Å²) in [4.78, 5) is 29.5. The molecule has 0 N–H and O–H groups in total. The molecule has 1 amide bonds. The van der Waals surface area contributed by atoms with Crippen molar-refractivity contribution in [1.29, 1.82) is 0 Å². The molecule has 0 radical (unpaired) electrons. The average Bonchev–Trinajstić information content (AvgIpc) is 2.39. The molecule has 1 spiro atoms. The minimum atomic E-state index is -0.466.